The van der Waals surface area contributed by atoms with Gasteiger partial charge in [-0.05, 0) is 55.3 Å². The van der Waals surface area contributed by atoms with Crippen LogP contribution in [-0.4, -0.2) is 56.1 Å². The van der Waals surface area contributed by atoms with E-state index in [1.165, 1.54) is 24.1 Å². The molecule has 2 N–H and O–H groups in total. The SMILES string of the molecule is COCCN(CC(=O)Nc1ccc(N2CCCCC2=O)cc1F)C(=O)Nc1ccc(Cl)cc1. The van der Waals surface area contributed by atoms with E-state index in [1.54, 1.807) is 35.2 Å². The lowest BCUT2D eigenvalue weighted by Crippen LogP contribution is -2.42. The molecular weight excluding hydrogens is 451 g/mol. The van der Waals surface area contributed by atoms with Gasteiger partial charge in [-0.25, -0.2) is 9.18 Å². The van der Waals surface area contributed by atoms with Crippen LogP contribution in [0, 0.1) is 5.82 Å². The summed E-state index contributed by atoms with van der Waals surface area (Å²) in [5.41, 5.74) is 0.943. The molecule has 4 amide bonds. The van der Waals surface area contributed by atoms with Crippen LogP contribution < -0.4 is 15.5 Å². The lowest BCUT2D eigenvalue weighted by Gasteiger charge is -2.27. The van der Waals surface area contributed by atoms with Gasteiger partial charge in [0, 0.05) is 43.0 Å². The minimum Gasteiger partial charge on any atom is -0.383 e. The first kappa shape index (κ1) is 24.5. The number of urea groups is 1. The van der Waals surface area contributed by atoms with E-state index in [0.717, 1.165) is 12.8 Å². The Morgan fingerprint density at radius 2 is 1.91 bits per heavy atom. The van der Waals surface area contributed by atoms with Crippen LogP contribution >= 0.6 is 11.6 Å². The topological polar surface area (TPSA) is 91.0 Å². The van der Waals surface area contributed by atoms with Crippen molar-refractivity contribution in [2.75, 3.05) is 48.9 Å². The number of carbonyl (C=O) groups excluding carboxylic acids is 3. The van der Waals surface area contributed by atoms with Gasteiger partial charge in [0.25, 0.3) is 0 Å². The summed E-state index contributed by atoms with van der Waals surface area (Å²) in [4.78, 5) is 40.1. The lowest BCUT2D eigenvalue weighted by atomic mass is 10.1. The molecule has 1 aliphatic rings. The van der Waals surface area contributed by atoms with Crippen LogP contribution in [0.2, 0.25) is 5.02 Å². The molecule has 176 valence electrons. The van der Waals surface area contributed by atoms with Crippen molar-refractivity contribution in [3.8, 4) is 0 Å². The molecule has 1 heterocycles. The summed E-state index contributed by atoms with van der Waals surface area (Å²) in [7, 11) is 1.49. The average molecular weight is 477 g/mol. The van der Waals surface area contributed by atoms with Gasteiger partial charge in [-0.15, -0.1) is 0 Å². The summed E-state index contributed by atoms with van der Waals surface area (Å²) in [5.74, 6) is -1.27. The van der Waals surface area contributed by atoms with Gasteiger partial charge in [-0.3, -0.25) is 9.59 Å². The summed E-state index contributed by atoms with van der Waals surface area (Å²) < 4.78 is 19.7. The zero-order chi connectivity index (χ0) is 23.8. The molecule has 0 spiro atoms. The third kappa shape index (κ3) is 6.90. The zero-order valence-corrected chi connectivity index (χ0v) is 19.0. The molecule has 8 nitrogen and oxygen atoms in total. The fraction of sp³-hybridized carbons (Fsp3) is 0.348. The van der Waals surface area contributed by atoms with Crippen molar-refractivity contribution < 1.29 is 23.5 Å². The highest BCUT2D eigenvalue weighted by atomic mass is 35.5. The third-order valence-corrected chi connectivity index (χ3v) is 5.40. The van der Waals surface area contributed by atoms with Gasteiger partial charge in [-0.1, -0.05) is 11.6 Å². The van der Waals surface area contributed by atoms with Crippen molar-refractivity contribution in [3.63, 3.8) is 0 Å². The number of nitrogens with one attached hydrogen (secondary N) is 2. The second kappa shape index (κ2) is 11.6. The third-order valence-electron chi connectivity index (χ3n) is 5.14. The van der Waals surface area contributed by atoms with Crippen LogP contribution in [0.4, 0.5) is 26.2 Å². The normalized spacial score (nSPS) is 13.5. The number of carbonyl (C=O) groups is 3. The number of amides is 4. The summed E-state index contributed by atoms with van der Waals surface area (Å²) in [5, 5.41) is 5.70. The number of halogens is 2. The number of hydrogen-bond donors (Lipinski definition) is 2. The molecule has 0 radical (unpaired) electrons. The highest BCUT2D eigenvalue weighted by Crippen LogP contribution is 2.25. The molecular formula is C23H26ClFN4O4. The lowest BCUT2D eigenvalue weighted by molar-refractivity contribution is -0.119. The van der Waals surface area contributed by atoms with Crippen LogP contribution in [0.5, 0.6) is 0 Å². The maximum atomic E-state index is 14.6. The van der Waals surface area contributed by atoms with Gasteiger partial charge in [-0.2, -0.15) is 0 Å². The summed E-state index contributed by atoms with van der Waals surface area (Å²) in [6.45, 7) is 0.603. The molecule has 0 bridgehead atoms. The van der Waals surface area contributed by atoms with Gasteiger partial charge in [0.2, 0.25) is 11.8 Å². The standard InChI is InChI=1S/C23H26ClFN4O4/c1-33-13-12-28(23(32)26-17-7-5-16(24)6-8-17)15-21(30)27-20-10-9-18(14-19(20)25)29-11-3-2-4-22(29)31/h5-10,14H,2-4,11-13,15H2,1H3,(H,26,32)(H,27,30). The minimum atomic E-state index is -0.659. The van der Waals surface area contributed by atoms with Crippen molar-refractivity contribution in [3.05, 3.63) is 53.3 Å². The first-order valence-electron chi connectivity index (χ1n) is 10.6. The Morgan fingerprint density at radius 3 is 2.58 bits per heavy atom. The van der Waals surface area contributed by atoms with E-state index in [0.29, 0.717) is 29.4 Å². The molecule has 10 heteroatoms. The predicted octanol–water partition coefficient (Wildman–Crippen LogP) is 4.12. The summed E-state index contributed by atoms with van der Waals surface area (Å²) in [6, 6.07) is 10.3. The molecule has 0 aromatic heterocycles. The monoisotopic (exact) mass is 476 g/mol. The van der Waals surface area contributed by atoms with E-state index in [9.17, 15) is 18.8 Å². The first-order chi connectivity index (χ1) is 15.9. The van der Waals surface area contributed by atoms with Crippen LogP contribution in [0.1, 0.15) is 19.3 Å². The number of benzene rings is 2. The Hall–Kier alpha value is -3.17. The van der Waals surface area contributed by atoms with Gasteiger partial charge >= 0.3 is 6.03 Å². The summed E-state index contributed by atoms with van der Waals surface area (Å²) in [6.07, 6.45) is 2.13. The van der Waals surface area contributed by atoms with Gasteiger partial charge in [0.1, 0.15) is 12.4 Å². The summed E-state index contributed by atoms with van der Waals surface area (Å²) >= 11 is 5.86. The van der Waals surface area contributed by atoms with Crippen LogP contribution in [0.15, 0.2) is 42.5 Å². The second-order valence-corrected chi connectivity index (χ2v) is 8.00. The maximum absolute atomic E-state index is 14.6. The van der Waals surface area contributed by atoms with Gasteiger partial charge in [0.15, 0.2) is 0 Å². The predicted molar refractivity (Wildman–Crippen MR) is 125 cm³/mol. The fourth-order valence-corrected chi connectivity index (χ4v) is 3.53. The maximum Gasteiger partial charge on any atom is 0.322 e. The number of ether oxygens (including phenoxy) is 1. The smallest absolute Gasteiger partial charge is 0.322 e. The van der Waals surface area contributed by atoms with Crippen molar-refractivity contribution in [2.45, 2.75) is 19.3 Å². The minimum absolute atomic E-state index is 0.0296. The van der Waals surface area contributed by atoms with Crippen LogP contribution in [0.25, 0.3) is 0 Å². The quantitative estimate of drug-likeness (QED) is 0.599. The highest BCUT2D eigenvalue weighted by molar-refractivity contribution is 6.30. The average Bonchev–Trinajstić information content (AvgIpc) is 2.80. The number of piperidine rings is 1. The van der Waals surface area contributed by atoms with E-state index in [2.05, 4.69) is 10.6 Å². The molecule has 1 fully saturated rings. The van der Waals surface area contributed by atoms with E-state index in [4.69, 9.17) is 16.3 Å². The highest BCUT2D eigenvalue weighted by Gasteiger charge is 2.22. The molecule has 33 heavy (non-hydrogen) atoms. The van der Waals surface area contributed by atoms with Gasteiger partial charge in [0.05, 0.1) is 12.3 Å². The Labute approximate surface area is 196 Å². The van der Waals surface area contributed by atoms with Crippen molar-refractivity contribution in [1.82, 2.24) is 4.90 Å². The molecule has 1 aliphatic heterocycles. The first-order valence-corrected chi connectivity index (χ1v) is 11.0. The Bertz CT molecular complexity index is 1000. The number of methoxy groups -OCH3 is 1. The number of rotatable bonds is 8. The molecule has 0 saturated carbocycles. The zero-order valence-electron chi connectivity index (χ0n) is 18.3. The van der Waals surface area contributed by atoms with Crippen LogP contribution in [-0.2, 0) is 14.3 Å². The Morgan fingerprint density at radius 1 is 1.15 bits per heavy atom. The van der Waals surface area contributed by atoms with Crippen molar-refractivity contribution >= 4 is 46.5 Å². The second-order valence-electron chi connectivity index (χ2n) is 7.57. The molecule has 0 aliphatic carbocycles. The molecule has 0 unspecified atom stereocenters. The fourth-order valence-electron chi connectivity index (χ4n) is 3.40. The van der Waals surface area contributed by atoms with Crippen molar-refractivity contribution in [2.24, 2.45) is 0 Å². The molecule has 2 aromatic rings. The number of nitrogens with zero attached hydrogens (tertiary/aromatic N) is 2. The molecule has 2 aromatic carbocycles. The van der Waals surface area contributed by atoms with E-state index < -0.39 is 17.8 Å². The Kier molecular flexibility index (Phi) is 8.62. The van der Waals surface area contributed by atoms with E-state index in [-0.39, 0.29) is 31.3 Å². The van der Waals surface area contributed by atoms with Crippen molar-refractivity contribution in [1.29, 1.82) is 0 Å². The number of anilines is 3. The van der Waals surface area contributed by atoms with E-state index >= 15 is 0 Å². The molecule has 3 rings (SSSR count). The number of hydrogen-bond acceptors (Lipinski definition) is 4. The largest absolute Gasteiger partial charge is 0.383 e. The molecule has 0 atom stereocenters. The Balaban J connectivity index is 1.63. The van der Waals surface area contributed by atoms with E-state index in [1.807, 2.05) is 0 Å². The van der Waals surface area contributed by atoms with Crippen LogP contribution in [0.3, 0.4) is 0 Å². The molecule has 1 saturated heterocycles. The van der Waals surface area contributed by atoms with Gasteiger partial charge < -0.3 is 25.2 Å².